The van der Waals surface area contributed by atoms with E-state index < -0.39 is 0 Å². The number of nitrogens with zero attached hydrogens (tertiary/aromatic N) is 2. The van der Waals surface area contributed by atoms with E-state index in [4.69, 9.17) is 4.98 Å². The van der Waals surface area contributed by atoms with Gasteiger partial charge >= 0.3 is 0 Å². The van der Waals surface area contributed by atoms with Crippen molar-refractivity contribution in [3.05, 3.63) is 69.5 Å². The highest BCUT2D eigenvalue weighted by atomic mass is 32.1. The van der Waals surface area contributed by atoms with Crippen molar-refractivity contribution in [2.75, 3.05) is 11.4 Å². The van der Waals surface area contributed by atoms with Gasteiger partial charge in [-0.15, -0.1) is 11.3 Å². The number of rotatable bonds is 5. The average Bonchev–Trinajstić information content (AvgIpc) is 3.33. The lowest BCUT2D eigenvalue weighted by molar-refractivity contribution is -0.120. The Balaban J connectivity index is 1.30. The molecule has 2 aliphatic heterocycles. The molecule has 0 saturated heterocycles. The zero-order valence-corrected chi connectivity index (χ0v) is 16.8. The van der Waals surface area contributed by atoms with Gasteiger partial charge in [-0.1, -0.05) is 30.3 Å². The quantitative estimate of drug-likeness (QED) is 0.709. The molecule has 3 heterocycles. The Morgan fingerprint density at radius 1 is 1.17 bits per heavy atom. The minimum Gasteiger partial charge on any atom is -0.352 e. The van der Waals surface area contributed by atoms with Gasteiger partial charge in [0.25, 0.3) is 0 Å². The second kappa shape index (κ2) is 7.44. The molecule has 0 saturated carbocycles. The van der Waals surface area contributed by atoms with Gasteiger partial charge in [0.15, 0.2) is 0 Å². The number of carbonyl (C=O) groups is 2. The number of thiazole rings is 1. The summed E-state index contributed by atoms with van der Waals surface area (Å²) in [5.74, 6) is 0.173. The molecule has 3 aromatic rings. The summed E-state index contributed by atoms with van der Waals surface area (Å²) < 4.78 is 0. The van der Waals surface area contributed by atoms with Crippen molar-refractivity contribution in [2.24, 2.45) is 0 Å². The summed E-state index contributed by atoms with van der Waals surface area (Å²) in [6.45, 7) is 1.35. The van der Waals surface area contributed by atoms with E-state index in [9.17, 15) is 9.59 Å². The van der Waals surface area contributed by atoms with Gasteiger partial charge in [-0.25, -0.2) is 4.98 Å². The molecule has 29 heavy (non-hydrogen) atoms. The molecule has 2 amide bonds. The van der Waals surface area contributed by atoms with E-state index >= 15 is 0 Å². The second-order valence-corrected chi connectivity index (χ2v) is 8.48. The van der Waals surface area contributed by atoms with Gasteiger partial charge in [-0.05, 0) is 41.7 Å². The summed E-state index contributed by atoms with van der Waals surface area (Å²) >= 11 is 1.51. The molecule has 5 rings (SSSR count). The molecule has 0 unspecified atom stereocenters. The summed E-state index contributed by atoms with van der Waals surface area (Å²) in [5, 5.41) is 5.76. The Hall–Kier alpha value is -2.99. The van der Waals surface area contributed by atoms with Crippen molar-refractivity contribution >= 4 is 28.8 Å². The number of carbonyl (C=O) groups excluding carboxylic acids is 2. The van der Waals surface area contributed by atoms with E-state index in [0.29, 0.717) is 13.0 Å². The third-order valence-corrected chi connectivity index (χ3v) is 6.35. The smallest absolute Gasteiger partial charge is 0.231 e. The molecular formula is C23H21N3O2S. The molecule has 0 spiro atoms. The Bertz CT molecular complexity index is 1090. The second-order valence-electron chi connectivity index (χ2n) is 7.53. The summed E-state index contributed by atoms with van der Waals surface area (Å²) in [4.78, 5) is 31.2. The van der Waals surface area contributed by atoms with Gasteiger partial charge in [0.2, 0.25) is 11.8 Å². The maximum atomic E-state index is 12.3. The van der Waals surface area contributed by atoms with Crippen LogP contribution in [0.3, 0.4) is 0 Å². The number of nitrogens with one attached hydrogen (secondary N) is 1. The molecule has 0 bridgehead atoms. The van der Waals surface area contributed by atoms with Crippen LogP contribution in [0.1, 0.15) is 28.1 Å². The van der Waals surface area contributed by atoms with Crippen LogP contribution in [0.5, 0.6) is 0 Å². The maximum absolute atomic E-state index is 12.3. The fraction of sp³-hybridized carbons (Fsp3) is 0.261. The minimum atomic E-state index is -0.0277. The summed E-state index contributed by atoms with van der Waals surface area (Å²) in [6, 6.07) is 14.1. The normalized spacial score (nSPS) is 14.8. The summed E-state index contributed by atoms with van der Waals surface area (Å²) in [5.41, 5.74) is 6.48. The Labute approximate surface area is 173 Å². The minimum absolute atomic E-state index is 0.0277. The maximum Gasteiger partial charge on any atom is 0.231 e. The van der Waals surface area contributed by atoms with E-state index in [1.54, 1.807) is 0 Å². The van der Waals surface area contributed by atoms with Crippen LogP contribution in [0.25, 0.3) is 11.3 Å². The number of amides is 2. The standard InChI is InChI=1S/C23H21N3O2S/c27-20(24-13-15-5-2-1-3-6-15)12-21-25-19(14-29-21)17-9-16-7-4-8-26-22(28)11-18(10-17)23(16)26/h1-3,5-6,9-10,14H,4,7-8,11-13H2,(H,24,27). The molecule has 2 aliphatic rings. The first kappa shape index (κ1) is 18.1. The van der Waals surface area contributed by atoms with Crippen molar-refractivity contribution in [3.8, 4) is 11.3 Å². The molecular weight excluding hydrogens is 382 g/mol. The Morgan fingerprint density at radius 3 is 2.86 bits per heavy atom. The van der Waals surface area contributed by atoms with Gasteiger partial charge in [0.1, 0.15) is 5.01 Å². The van der Waals surface area contributed by atoms with Gasteiger partial charge < -0.3 is 10.2 Å². The molecule has 0 fully saturated rings. The molecule has 1 N–H and O–H groups in total. The predicted molar refractivity (Wildman–Crippen MR) is 114 cm³/mol. The fourth-order valence-corrected chi connectivity index (χ4v) is 4.95. The summed E-state index contributed by atoms with van der Waals surface area (Å²) in [6.07, 6.45) is 2.76. The van der Waals surface area contributed by atoms with Crippen molar-refractivity contribution in [2.45, 2.75) is 32.2 Å². The molecule has 0 aliphatic carbocycles. The number of aryl methyl sites for hydroxylation is 1. The number of hydrogen-bond donors (Lipinski definition) is 1. The molecule has 146 valence electrons. The number of hydrogen-bond acceptors (Lipinski definition) is 4. The fourth-order valence-electron chi connectivity index (χ4n) is 4.15. The topological polar surface area (TPSA) is 62.3 Å². The number of aromatic nitrogens is 1. The summed E-state index contributed by atoms with van der Waals surface area (Å²) in [7, 11) is 0. The Kier molecular flexibility index (Phi) is 4.64. The van der Waals surface area contributed by atoms with Crippen LogP contribution >= 0.6 is 11.3 Å². The van der Waals surface area contributed by atoms with Crippen LogP contribution in [0, 0.1) is 0 Å². The highest BCUT2D eigenvalue weighted by Gasteiger charge is 2.32. The Morgan fingerprint density at radius 2 is 2.00 bits per heavy atom. The van der Waals surface area contributed by atoms with E-state index in [1.807, 2.05) is 40.6 Å². The monoisotopic (exact) mass is 403 g/mol. The number of benzene rings is 2. The third-order valence-electron chi connectivity index (χ3n) is 5.50. The van der Waals surface area contributed by atoms with Crippen LogP contribution in [0.15, 0.2) is 47.8 Å². The SMILES string of the molecule is O=C(Cc1nc(-c2cc3c4c(c2)CC(=O)N4CCC3)cs1)NCc1ccccc1. The molecule has 6 heteroatoms. The van der Waals surface area contributed by atoms with Crippen LogP contribution in [-0.4, -0.2) is 23.3 Å². The van der Waals surface area contributed by atoms with Crippen LogP contribution in [0.4, 0.5) is 5.69 Å². The highest BCUT2D eigenvalue weighted by Crippen LogP contribution is 2.39. The van der Waals surface area contributed by atoms with Crippen molar-refractivity contribution < 1.29 is 9.59 Å². The largest absolute Gasteiger partial charge is 0.352 e. The highest BCUT2D eigenvalue weighted by molar-refractivity contribution is 7.10. The van der Waals surface area contributed by atoms with E-state index in [2.05, 4.69) is 17.4 Å². The molecule has 1 aromatic heterocycles. The van der Waals surface area contributed by atoms with Crippen LogP contribution in [-0.2, 0) is 35.4 Å². The first-order valence-electron chi connectivity index (χ1n) is 9.89. The van der Waals surface area contributed by atoms with Gasteiger partial charge in [-0.3, -0.25) is 9.59 Å². The van der Waals surface area contributed by atoms with Gasteiger partial charge in [-0.2, -0.15) is 0 Å². The van der Waals surface area contributed by atoms with Crippen molar-refractivity contribution in [1.82, 2.24) is 10.3 Å². The zero-order valence-electron chi connectivity index (χ0n) is 16.0. The first-order chi connectivity index (χ1) is 14.2. The molecule has 5 nitrogen and oxygen atoms in total. The van der Waals surface area contributed by atoms with E-state index in [-0.39, 0.29) is 18.2 Å². The van der Waals surface area contributed by atoms with E-state index in [1.165, 1.54) is 16.9 Å². The first-order valence-corrected chi connectivity index (χ1v) is 10.8. The van der Waals surface area contributed by atoms with Gasteiger partial charge in [0, 0.05) is 24.0 Å². The lowest BCUT2D eigenvalue weighted by Crippen LogP contribution is -2.31. The van der Waals surface area contributed by atoms with Crippen LogP contribution in [0.2, 0.25) is 0 Å². The lowest BCUT2D eigenvalue weighted by Gasteiger charge is -2.25. The van der Waals surface area contributed by atoms with Crippen molar-refractivity contribution in [3.63, 3.8) is 0 Å². The molecule has 2 aromatic carbocycles. The molecule has 0 radical (unpaired) electrons. The lowest BCUT2D eigenvalue weighted by atomic mass is 9.96. The zero-order chi connectivity index (χ0) is 19.8. The number of anilines is 1. The molecule has 0 atom stereocenters. The van der Waals surface area contributed by atoms with Crippen LogP contribution < -0.4 is 10.2 Å². The average molecular weight is 404 g/mol. The van der Waals surface area contributed by atoms with Gasteiger partial charge in [0.05, 0.1) is 24.2 Å². The van der Waals surface area contributed by atoms with E-state index in [0.717, 1.165) is 52.5 Å². The predicted octanol–water partition coefficient (Wildman–Crippen LogP) is 3.50. The van der Waals surface area contributed by atoms with Crippen molar-refractivity contribution in [1.29, 1.82) is 0 Å². The third kappa shape index (κ3) is 3.56.